The maximum atomic E-state index is 12.1. The molecule has 1 aromatic rings. The van der Waals surface area contributed by atoms with Gasteiger partial charge < -0.3 is 10.4 Å². The van der Waals surface area contributed by atoms with Crippen LogP contribution in [0.5, 0.6) is 0 Å². The molecule has 1 aliphatic rings. The Hall–Kier alpha value is -1.85. The summed E-state index contributed by atoms with van der Waals surface area (Å²) < 4.78 is 1.57. The predicted octanol–water partition coefficient (Wildman–Crippen LogP) is 1.36. The molecule has 1 aromatic heterocycles. The molecular weight excluding hydrogens is 258 g/mol. The summed E-state index contributed by atoms with van der Waals surface area (Å²) in [4.78, 5) is 23.0. The molecule has 0 aromatic carbocycles. The predicted molar refractivity (Wildman–Crippen MR) is 73.5 cm³/mol. The summed E-state index contributed by atoms with van der Waals surface area (Å²) in [5.41, 5.74) is 1.14. The highest BCUT2D eigenvalue weighted by molar-refractivity contribution is 5.92. The maximum absolute atomic E-state index is 12.1. The van der Waals surface area contributed by atoms with E-state index in [1.54, 1.807) is 17.8 Å². The fourth-order valence-electron chi connectivity index (χ4n) is 2.68. The van der Waals surface area contributed by atoms with Crippen molar-refractivity contribution in [3.8, 4) is 0 Å². The molecule has 1 heterocycles. The Balaban J connectivity index is 1.97. The molecule has 1 aliphatic carbocycles. The lowest BCUT2D eigenvalue weighted by molar-refractivity contribution is -0.141. The molecule has 110 valence electrons. The summed E-state index contributed by atoms with van der Waals surface area (Å²) in [5.74, 6) is -0.982. The SMILES string of the molecule is CCc1cc(C(=O)NCC2(CC(=O)O)CCC2)n(C)n1. The van der Waals surface area contributed by atoms with Crippen LogP contribution in [0.2, 0.25) is 0 Å². The number of aromatic nitrogens is 2. The van der Waals surface area contributed by atoms with Gasteiger partial charge in [0.15, 0.2) is 0 Å². The Morgan fingerprint density at radius 3 is 2.65 bits per heavy atom. The average molecular weight is 279 g/mol. The normalized spacial score (nSPS) is 16.5. The Morgan fingerprint density at radius 2 is 2.20 bits per heavy atom. The van der Waals surface area contributed by atoms with Crippen LogP contribution in [-0.2, 0) is 18.3 Å². The van der Waals surface area contributed by atoms with E-state index in [0.29, 0.717) is 12.2 Å². The summed E-state index contributed by atoms with van der Waals surface area (Å²) in [7, 11) is 1.74. The summed E-state index contributed by atoms with van der Waals surface area (Å²) in [6, 6.07) is 1.78. The number of aryl methyl sites for hydroxylation is 2. The zero-order valence-corrected chi connectivity index (χ0v) is 12.0. The topological polar surface area (TPSA) is 84.2 Å². The lowest BCUT2D eigenvalue weighted by Gasteiger charge is -2.40. The standard InChI is InChI=1S/C14H21N3O3/c1-3-10-7-11(17(2)16-10)13(20)15-9-14(5-4-6-14)8-12(18)19/h7H,3-6,8-9H2,1-2H3,(H,15,20)(H,18,19). The van der Waals surface area contributed by atoms with Crippen LogP contribution >= 0.6 is 0 Å². The van der Waals surface area contributed by atoms with Crippen molar-refractivity contribution in [3.63, 3.8) is 0 Å². The first-order valence-electron chi connectivity index (χ1n) is 6.99. The Morgan fingerprint density at radius 1 is 1.50 bits per heavy atom. The van der Waals surface area contributed by atoms with Crippen molar-refractivity contribution in [2.45, 2.75) is 39.0 Å². The number of carbonyl (C=O) groups is 2. The molecule has 0 saturated heterocycles. The molecule has 0 unspecified atom stereocenters. The van der Waals surface area contributed by atoms with Gasteiger partial charge in [0.2, 0.25) is 0 Å². The molecule has 1 fully saturated rings. The van der Waals surface area contributed by atoms with E-state index < -0.39 is 5.97 Å². The number of carbonyl (C=O) groups excluding carboxylic acids is 1. The van der Waals surface area contributed by atoms with Gasteiger partial charge in [0.25, 0.3) is 5.91 Å². The number of hydrogen-bond donors (Lipinski definition) is 2. The zero-order valence-electron chi connectivity index (χ0n) is 12.0. The minimum absolute atomic E-state index is 0.124. The first kappa shape index (κ1) is 14.6. The first-order valence-corrected chi connectivity index (χ1v) is 6.99. The van der Waals surface area contributed by atoms with Crippen LogP contribution in [0.4, 0.5) is 0 Å². The number of carboxylic acid groups (broad SMARTS) is 1. The molecule has 2 rings (SSSR count). The zero-order chi connectivity index (χ0) is 14.8. The molecule has 0 aliphatic heterocycles. The maximum Gasteiger partial charge on any atom is 0.303 e. The second-order valence-corrected chi connectivity index (χ2v) is 5.60. The lowest BCUT2D eigenvalue weighted by Crippen LogP contribution is -2.43. The van der Waals surface area contributed by atoms with Crippen LogP contribution in [0.25, 0.3) is 0 Å². The summed E-state index contributed by atoms with van der Waals surface area (Å²) in [6.45, 7) is 2.41. The second kappa shape index (κ2) is 5.64. The largest absolute Gasteiger partial charge is 0.481 e. The van der Waals surface area contributed by atoms with Gasteiger partial charge in [-0.05, 0) is 30.7 Å². The molecule has 0 bridgehead atoms. The van der Waals surface area contributed by atoms with Gasteiger partial charge in [0.05, 0.1) is 12.1 Å². The van der Waals surface area contributed by atoms with Crippen LogP contribution in [0, 0.1) is 5.41 Å². The minimum atomic E-state index is -0.798. The quantitative estimate of drug-likeness (QED) is 0.823. The Kier molecular flexibility index (Phi) is 4.11. The monoisotopic (exact) mass is 279 g/mol. The van der Waals surface area contributed by atoms with Gasteiger partial charge in [-0.1, -0.05) is 13.3 Å². The number of nitrogens with one attached hydrogen (secondary N) is 1. The molecule has 1 saturated carbocycles. The van der Waals surface area contributed by atoms with Crippen molar-refractivity contribution in [2.24, 2.45) is 12.5 Å². The van der Waals surface area contributed by atoms with Gasteiger partial charge >= 0.3 is 5.97 Å². The van der Waals surface area contributed by atoms with Crippen LogP contribution in [0.15, 0.2) is 6.07 Å². The Bertz CT molecular complexity index is 518. The molecule has 6 nitrogen and oxygen atoms in total. The fourth-order valence-corrected chi connectivity index (χ4v) is 2.68. The molecule has 1 amide bonds. The van der Waals surface area contributed by atoms with E-state index in [1.165, 1.54) is 0 Å². The smallest absolute Gasteiger partial charge is 0.303 e. The summed E-state index contributed by atoms with van der Waals surface area (Å²) >= 11 is 0. The van der Waals surface area contributed by atoms with E-state index in [0.717, 1.165) is 31.4 Å². The van der Waals surface area contributed by atoms with Crippen molar-refractivity contribution in [1.29, 1.82) is 0 Å². The molecule has 6 heteroatoms. The molecular formula is C14H21N3O3. The van der Waals surface area contributed by atoms with E-state index >= 15 is 0 Å². The molecule has 0 spiro atoms. The van der Waals surface area contributed by atoms with Gasteiger partial charge in [0.1, 0.15) is 5.69 Å². The van der Waals surface area contributed by atoms with Crippen molar-refractivity contribution in [3.05, 3.63) is 17.5 Å². The third-order valence-electron chi connectivity index (χ3n) is 4.09. The lowest BCUT2D eigenvalue weighted by atomic mass is 9.66. The molecule has 0 radical (unpaired) electrons. The van der Waals surface area contributed by atoms with Crippen LogP contribution in [0.3, 0.4) is 0 Å². The van der Waals surface area contributed by atoms with E-state index in [1.807, 2.05) is 6.92 Å². The van der Waals surface area contributed by atoms with Crippen molar-refractivity contribution in [1.82, 2.24) is 15.1 Å². The van der Waals surface area contributed by atoms with Gasteiger partial charge in [-0.3, -0.25) is 14.3 Å². The third-order valence-corrected chi connectivity index (χ3v) is 4.09. The van der Waals surface area contributed by atoms with Crippen molar-refractivity contribution >= 4 is 11.9 Å². The van der Waals surface area contributed by atoms with Gasteiger partial charge in [0, 0.05) is 13.6 Å². The number of amides is 1. The number of nitrogens with zero attached hydrogens (tertiary/aromatic N) is 2. The highest BCUT2D eigenvalue weighted by atomic mass is 16.4. The highest BCUT2D eigenvalue weighted by Gasteiger charge is 2.39. The molecule has 2 N–H and O–H groups in total. The number of hydrogen-bond acceptors (Lipinski definition) is 3. The average Bonchev–Trinajstić information content (AvgIpc) is 2.73. The number of carboxylic acids is 1. The molecule has 0 atom stereocenters. The minimum Gasteiger partial charge on any atom is -0.481 e. The van der Waals surface area contributed by atoms with Crippen molar-refractivity contribution < 1.29 is 14.7 Å². The third kappa shape index (κ3) is 3.00. The van der Waals surface area contributed by atoms with Gasteiger partial charge in [-0.15, -0.1) is 0 Å². The van der Waals surface area contributed by atoms with E-state index in [2.05, 4.69) is 10.4 Å². The van der Waals surface area contributed by atoms with Crippen molar-refractivity contribution in [2.75, 3.05) is 6.54 Å². The summed E-state index contributed by atoms with van der Waals surface area (Å²) in [5, 5.41) is 16.1. The fraction of sp³-hybridized carbons (Fsp3) is 0.643. The van der Waals surface area contributed by atoms with E-state index in [4.69, 9.17) is 5.11 Å². The van der Waals surface area contributed by atoms with Crippen LogP contribution in [-0.4, -0.2) is 33.3 Å². The van der Waals surface area contributed by atoms with Gasteiger partial charge in [-0.25, -0.2) is 0 Å². The highest BCUT2D eigenvalue weighted by Crippen LogP contribution is 2.43. The van der Waals surface area contributed by atoms with E-state index in [-0.39, 0.29) is 17.7 Å². The van der Waals surface area contributed by atoms with Gasteiger partial charge in [-0.2, -0.15) is 5.10 Å². The Labute approximate surface area is 118 Å². The van der Waals surface area contributed by atoms with E-state index in [9.17, 15) is 9.59 Å². The molecule has 20 heavy (non-hydrogen) atoms. The second-order valence-electron chi connectivity index (χ2n) is 5.60. The van der Waals surface area contributed by atoms with Crippen LogP contribution < -0.4 is 5.32 Å². The van der Waals surface area contributed by atoms with Crippen LogP contribution in [0.1, 0.15) is 48.8 Å². The number of rotatable bonds is 6. The summed E-state index contributed by atoms with van der Waals surface area (Å²) in [6.07, 6.45) is 3.67. The number of aliphatic carboxylic acids is 1. The first-order chi connectivity index (χ1) is 9.46.